The summed E-state index contributed by atoms with van der Waals surface area (Å²) < 4.78 is 5.54. The largest absolute Gasteiger partial charge is 0.378 e. The molecule has 1 rings (SSSR count). The maximum absolute atomic E-state index is 11.7. The van der Waals surface area contributed by atoms with Crippen molar-refractivity contribution in [2.45, 2.75) is 52.1 Å². The van der Waals surface area contributed by atoms with Gasteiger partial charge in [0.2, 0.25) is 0 Å². The van der Waals surface area contributed by atoms with E-state index in [1.165, 1.54) is 12.8 Å². The zero-order valence-corrected chi connectivity index (χ0v) is 10.6. The van der Waals surface area contributed by atoms with E-state index in [1.807, 2.05) is 6.92 Å². The van der Waals surface area contributed by atoms with Gasteiger partial charge in [-0.15, -0.1) is 0 Å². The van der Waals surface area contributed by atoms with E-state index in [4.69, 9.17) is 4.74 Å². The predicted molar refractivity (Wildman–Crippen MR) is 65.5 cm³/mol. The lowest BCUT2D eigenvalue weighted by molar-refractivity contribution is -0.122. The number of hydrogen-bond donors (Lipinski definition) is 1. The van der Waals surface area contributed by atoms with Gasteiger partial charge in [0.15, 0.2) is 0 Å². The van der Waals surface area contributed by atoms with E-state index < -0.39 is 0 Å². The van der Waals surface area contributed by atoms with Gasteiger partial charge in [0.1, 0.15) is 5.78 Å². The number of carbonyl (C=O) groups excluding carboxylic acids is 1. The molecule has 3 heteroatoms. The Labute approximate surface area is 98.9 Å². The first-order valence-corrected chi connectivity index (χ1v) is 6.59. The van der Waals surface area contributed by atoms with E-state index in [0.29, 0.717) is 18.3 Å². The lowest BCUT2D eigenvalue weighted by Crippen LogP contribution is -2.26. The fraction of sp³-hybridized carbons (Fsp3) is 0.923. The molecule has 1 aliphatic heterocycles. The molecule has 2 unspecified atom stereocenters. The molecule has 1 aliphatic rings. The summed E-state index contributed by atoms with van der Waals surface area (Å²) in [6, 6.07) is 0. The molecule has 0 bridgehead atoms. The number of nitrogens with one attached hydrogen (secondary N) is 1. The molecule has 94 valence electrons. The van der Waals surface area contributed by atoms with Crippen LogP contribution < -0.4 is 5.32 Å². The highest BCUT2D eigenvalue weighted by Crippen LogP contribution is 2.18. The third-order valence-corrected chi connectivity index (χ3v) is 3.22. The third-order valence-electron chi connectivity index (χ3n) is 3.22. The molecule has 16 heavy (non-hydrogen) atoms. The van der Waals surface area contributed by atoms with Gasteiger partial charge in [-0.2, -0.15) is 0 Å². The second-order valence-corrected chi connectivity index (χ2v) is 4.70. The summed E-state index contributed by atoms with van der Waals surface area (Å²) in [5.41, 5.74) is 0. The number of Topliss-reactive ketones (excluding diaryl/α,β-unsaturated/α-hetero) is 1. The fourth-order valence-corrected chi connectivity index (χ4v) is 2.10. The highest BCUT2D eigenvalue weighted by Gasteiger charge is 2.17. The average Bonchev–Trinajstić information content (AvgIpc) is 2.78. The molecule has 0 aromatic carbocycles. The standard InChI is InChI=1S/C13H25NO2/c1-3-14-10-11(2)13(15)8-4-6-12-7-5-9-16-12/h11-12,14H,3-10H2,1-2H3. The Balaban J connectivity index is 2.04. The molecule has 0 aromatic heterocycles. The number of ether oxygens (including phenoxy) is 1. The van der Waals surface area contributed by atoms with E-state index in [-0.39, 0.29) is 5.92 Å². The summed E-state index contributed by atoms with van der Waals surface area (Å²) in [6.45, 7) is 6.74. The molecule has 1 N–H and O–H groups in total. The van der Waals surface area contributed by atoms with Crippen molar-refractivity contribution in [3.63, 3.8) is 0 Å². The summed E-state index contributed by atoms with van der Waals surface area (Å²) in [6.07, 6.45) is 5.56. The van der Waals surface area contributed by atoms with Crippen molar-refractivity contribution in [2.24, 2.45) is 5.92 Å². The van der Waals surface area contributed by atoms with E-state index in [9.17, 15) is 4.79 Å². The van der Waals surface area contributed by atoms with Crippen molar-refractivity contribution < 1.29 is 9.53 Å². The van der Waals surface area contributed by atoms with Crippen LogP contribution in [0, 0.1) is 5.92 Å². The Morgan fingerprint density at radius 1 is 1.56 bits per heavy atom. The SMILES string of the molecule is CCNCC(C)C(=O)CCCC1CCCO1. The van der Waals surface area contributed by atoms with Crippen molar-refractivity contribution >= 4 is 5.78 Å². The van der Waals surface area contributed by atoms with Crippen molar-refractivity contribution in [1.82, 2.24) is 5.32 Å². The first-order valence-electron chi connectivity index (χ1n) is 6.59. The summed E-state index contributed by atoms with van der Waals surface area (Å²) in [4.78, 5) is 11.7. The molecule has 3 nitrogen and oxygen atoms in total. The first kappa shape index (κ1) is 13.7. The van der Waals surface area contributed by atoms with Gasteiger partial charge >= 0.3 is 0 Å². The Hall–Kier alpha value is -0.410. The van der Waals surface area contributed by atoms with Crippen LogP contribution in [-0.2, 0) is 9.53 Å². The van der Waals surface area contributed by atoms with E-state index in [2.05, 4.69) is 12.2 Å². The summed E-state index contributed by atoms with van der Waals surface area (Å²) >= 11 is 0. The molecule has 1 fully saturated rings. The van der Waals surface area contributed by atoms with Crippen LogP contribution in [0.3, 0.4) is 0 Å². The lowest BCUT2D eigenvalue weighted by Gasteiger charge is -2.12. The Morgan fingerprint density at radius 3 is 3.00 bits per heavy atom. The van der Waals surface area contributed by atoms with Crippen LogP contribution in [0.2, 0.25) is 0 Å². The van der Waals surface area contributed by atoms with Crippen LogP contribution in [0.1, 0.15) is 46.0 Å². The normalized spacial score (nSPS) is 22.2. The van der Waals surface area contributed by atoms with Gasteiger partial charge in [0.05, 0.1) is 6.10 Å². The zero-order chi connectivity index (χ0) is 11.8. The smallest absolute Gasteiger partial charge is 0.136 e. The second-order valence-electron chi connectivity index (χ2n) is 4.70. The van der Waals surface area contributed by atoms with E-state index in [1.54, 1.807) is 0 Å². The van der Waals surface area contributed by atoms with E-state index in [0.717, 1.165) is 32.5 Å². The molecule has 1 heterocycles. The number of carbonyl (C=O) groups is 1. The number of hydrogen-bond acceptors (Lipinski definition) is 3. The zero-order valence-electron chi connectivity index (χ0n) is 10.6. The Kier molecular flexibility index (Phi) is 6.65. The van der Waals surface area contributed by atoms with Gasteiger partial charge < -0.3 is 10.1 Å². The summed E-state index contributed by atoms with van der Waals surface area (Å²) in [5, 5.41) is 3.21. The molecular weight excluding hydrogens is 202 g/mol. The molecule has 0 aromatic rings. The van der Waals surface area contributed by atoms with Gasteiger partial charge in [0, 0.05) is 25.5 Å². The minimum absolute atomic E-state index is 0.157. The predicted octanol–water partition coefficient (Wildman–Crippen LogP) is 2.15. The van der Waals surface area contributed by atoms with Crippen LogP contribution in [0.4, 0.5) is 0 Å². The molecule has 0 spiro atoms. The molecular formula is C13H25NO2. The Morgan fingerprint density at radius 2 is 2.38 bits per heavy atom. The summed E-state index contributed by atoms with van der Waals surface area (Å²) in [5.74, 6) is 0.545. The average molecular weight is 227 g/mol. The maximum atomic E-state index is 11.7. The fourth-order valence-electron chi connectivity index (χ4n) is 2.10. The van der Waals surface area contributed by atoms with Crippen LogP contribution >= 0.6 is 0 Å². The number of rotatable bonds is 8. The van der Waals surface area contributed by atoms with Gasteiger partial charge in [-0.3, -0.25) is 4.79 Å². The lowest BCUT2D eigenvalue weighted by atomic mass is 10.00. The molecule has 0 aliphatic carbocycles. The Bertz CT molecular complexity index is 200. The van der Waals surface area contributed by atoms with Crippen LogP contribution in [0.5, 0.6) is 0 Å². The first-order chi connectivity index (χ1) is 7.74. The van der Waals surface area contributed by atoms with Gasteiger partial charge in [-0.25, -0.2) is 0 Å². The van der Waals surface area contributed by atoms with Crippen molar-refractivity contribution in [1.29, 1.82) is 0 Å². The number of ketones is 1. The minimum Gasteiger partial charge on any atom is -0.378 e. The maximum Gasteiger partial charge on any atom is 0.136 e. The third kappa shape index (κ3) is 5.08. The highest BCUT2D eigenvalue weighted by atomic mass is 16.5. The highest BCUT2D eigenvalue weighted by molar-refractivity contribution is 5.80. The van der Waals surface area contributed by atoms with E-state index >= 15 is 0 Å². The van der Waals surface area contributed by atoms with Crippen molar-refractivity contribution in [2.75, 3.05) is 19.7 Å². The van der Waals surface area contributed by atoms with Gasteiger partial charge in [-0.1, -0.05) is 13.8 Å². The van der Waals surface area contributed by atoms with Gasteiger partial charge in [-0.05, 0) is 32.2 Å². The minimum atomic E-state index is 0.157. The molecule has 0 amide bonds. The van der Waals surface area contributed by atoms with Crippen LogP contribution in [0.15, 0.2) is 0 Å². The van der Waals surface area contributed by atoms with Crippen molar-refractivity contribution in [3.05, 3.63) is 0 Å². The van der Waals surface area contributed by atoms with Gasteiger partial charge in [0.25, 0.3) is 0 Å². The topological polar surface area (TPSA) is 38.3 Å². The second kappa shape index (κ2) is 7.80. The quantitative estimate of drug-likeness (QED) is 0.690. The summed E-state index contributed by atoms with van der Waals surface area (Å²) in [7, 11) is 0. The van der Waals surface area contributed by atoms with Crippen LogP contribution in [0.25, 0.3) is 0 Å². The molecule has 1 saturated heterocycles. The molecule has 0 radical (unpaired) electrons. The molecule has 2 atom stereocenters. The molecule has 0 saturated carbocycles. The monoisotopic (exact) mass is 227 g/mol. The van der Waals surface area contributed by atoms with Crippen LogP contribution in [-0.4, -0.2) is 31.6 Å². The van der Waals surface area contributed by atoms with Crippen molar-refractivity contribution in [3.8, 4) is 0 Å².